The van der Waals surface area contributed by atoms with Crippen molar-refractivity contribution in [3.05, 3.63) is 35.9 Å². The maximum atomic E-state index is 12.8. The number of hydrogen-bond donors (Lipinski definition) is 5. The minimum atomic E-state index is -1.26. The Bertz CT molecular complexity index is 1370. The minimum absolute atomic E-state index is 0.0692. The van der Waals surface area contributed by atoms with Crippen LogP contribution in [-0.4, -0.2) is 110 Å². The molecule has 0 aliphatic heterocycles. The molecule has 1 aromatic carbocycles. The summed E-state index contributed by atoms with van der Waals surface area (Å²) in [6.45, 7) is 21.2. The van der Waals surface area contributed by atoms with Gasteiger partial charge in [-0.15, -0.1) is 0 Å². The Labute approximate surface area is 340 Å². The molecule has 2 unspecified atom stereocenters. The first-order valence-corrected chi connectivity index (χ1v) is 20.0. The molecule has 0 bridgehead atoms. The number of rotatable bonds is 21. The van der Waals surface area contributed by atoms with E-state index >= 15 is 0 Å². The molecule has 0 aliphatic rings. The second-order valence-electron chi connectivity index (χ2n) is 16.9. The number of alkyl carbamates (subject to hydrolysis) is 3. The Hall–Kier alpha value is -4.44. The van der Waals surface area contributed by atoms with Gasteiger partial charge in [-0.05, 0) is 113 Å². The standard InChI is InChI=1S/C41H71N7O9/c1-30(45-36(51)55-39(2,3)4)23-28-48(29-31-21-15-14-16-22-31)27-20-19-25-43-34(50)32(54-11)33(49)42-24-17-12-13-18-26-44-35(46-37(52)56-40(5,6)7)47-38(53)57-41(8,9)10/h14-16,21-22,30,32H,12-13,17-20,23-29H2,1-11H3,(H,42,49)(H,43,50)(H,45,51)(H2,44,46,47,52,53). The Morgan fingerprint density at radius 3 is 1.67 bits per heavy atom. The van der Waals surface area contributed by atoms with Crippen molar-refractivity contribution in [3.8, 4) is 0 Å². The second kappa shape index (κ2) is 25.7. The van der Waals surface area contributed by atoms with Crippen LogP contribution in [0.1, 0.15) is 120 Å². The highest BCUT2D eigenvalue weighted by Crippen LogP contribution is 2.11. The van der Waals surface area contributed by atoms with Crippen molar-refractivity contribution in [3.63, 3.8) is 0 Å². The van der Waals surface area contributed by atoms with Crippen LogP contribution in [-0.2, 0) is 35.1 Å². The van der Waals surface area contributed by atoms with E-state index in [1.54, 1.807) is 41.5 Å². The van der Waals surface area contributed by atoms with Crippen molar-refractivity contribution in [1.29, 1.82) is 0 Å². The van der Waals surface area contributed by atoms with Gasteiger partial charge in [-0.25, -0.2) is 14.4 Å². The molecule has 5 amide bonds. The summed E-state index contributed by atoms with van der Waals surface area (Å²) in [6.07, 6.45) is 1.92. The molecule has 5 N–H and O–H groups in total. The van der Waals surface area contributed by atoms with Crippen LogP contribution in [0.4, 0.5) is 14.4 Å². The van der Waals surface area contributed by atoms with Crippen molar-refractivity contribution >= 4 is 36.1 Å². The van der Waals surface area contributed by atoms with Crippen LogP contribution in [0.15, 0.2) is 35.3 Å². The third kappa shape index (κ3) is 26.9. The Morgan fingerprint density at radius 1 is 0.667 bits per heavy atom. The van der Waals surface area contributed by atoms with E-state index in [-0.39, 0.29) is 12.0 Å². The molecule has 16 heteroatoms. The predicted molar refractivity (Wildman–Crippen MR) is 221 cm³/mol. The lowest BCUT2D eigenvalue weighted by molar-refractivity contribution is -0.143. The zero-order chi connectivity index (χ0) is 43.1. The number of nitrogens with one attached hydrogen (secondary N) is 5. The SMILES string of the molecule is COC(C(=O)NCCCCCCN=C(NC(=O)OC(C)(C)C)NC(=O)OC(C)(C)C)C(=O)NCCCCN(CCC(C)NC(=O)OC(C)(C)C)Cc1ccccc1. The van der Waals surface area contributed by atoms with Gasteiger partial charge in [0, 0.05) is 45.9 Å². The molecule has 0 spiro atoms. The lowest BCUT2D eigenvalue weighted by atomic mass is 10.1. The maximum absolute atomic E-state index is 12.8. The highest BCUT2D eigenvalue weighted by Gasteiger charge is 2.26. The minimum Gasteiger partial charge on any atom is -0.444 e. The van der Waals surface area contributed by atoms with E-state index in [2.05, 4.69) is 48.6 Å². The Kier molecular flexibility index (Phi) is 22.8. The molecule has 16 nitrogen and oxygen atoms in total. The van der Waals surface area contributed by atoms with E-state index in [1.807, 2.05) is 45.9 Å². The van der Waals surface area contributed by atoms with Gasteiger partial charge in [-0.2, -0.15) is 0 Å². The number of carbonyl (C=O) groups excluding carboxylic acids is 5. The molecule has 1 aromatic rings. The molecule has 0 saturated carbocycles. The van der Waals surface area contributed by atoms with Gasteiger partial charge in [-0.3, -0.25) is 30.1 Å². The van der Waals surface area contributed by atoms with E-state index in [0.29, 0.717) is 38.9 Å². The summed E-state index contributed by atoms with van der Waals surface area (Å²) in [6, 6.07) is 10.1. The summed E-state index contributed by atoms with van der Waals surface area (Å²) in [7, 11) is 1.33. The first-order valence-electron chi connectivity index (χ1n) is 20.0. The number of unbranched alkanes of at least 4 members (excludes halogenated alkanes) is 4. The van der Waals surface area contributed by atoms with Gasteiger partial charge >= 0.3 is 18.3 Å². The normalized spacial score (nSPS) is 12.8. The summed E-state index contributed by atoms with van der Waals surface area (Å²) >= 11 is 0. The summed E-state index contributed by atoms with van der Waals surface area (Å²) in [4.78, 5) is 68.9. The number of carbonyl (C=O) groups is 5. The second-order valence-corrected chi connectivity index (χ2v) is 16.9. The number of ether oxygens (including phenoxy) is 4. The molecule has 2 atom stereocenters. The van der Waals surface area contributed by atoms with Crippen LogP contribution < -0.4 is 26.6 Å². The lowest BCUT2D eigenvalue weighted by Gasteiger charge is -2.26. The zero-order valence-corrected chi connectivity index (χ0v) is 36.3. The van der Waals surface area contributed by atoms with Gasteiger partial charge in [0.25, 0.3) is 11.8 Å². The summed E-state index contributed by atoms with van der Waals surface area (Å²) in [5, 5.41) is 13.4. The van der Waals surface area contributed by atoms with E-state index in [9.17, 15) is 24.0 Å². The average Bonchev–Trinajstić information content (AvgIpc) is 3.06. The average molecular weight is 806 g/mol. The van der Waals surface area contributed by atoms with Crippen molar-refractivity contribution < 1.29 is 42.9 Å². The van der Waals surface area contributed by atoms with Crippen LogP contribution in [0.3, 0.4) is 0 Å². The monoisotopic (exact) mass is 806 g/mol. The number of benzene rings is 1. The molecule has 57 heavy (non-hydrogen) atoms. The fourth-order valence-electron chi connectivity index (χ4n) is 5.16. The third-order valence-corrected chi connectivity index (χ3v) is 7.70. The highest BCUT2D eigenvalue weighted by atomic mass is 16.6. The van der Waals surface area contributed by atoms with Crippen molar-refractivity contribution in [2.45, 2.75) is 150 Å². The molecule has 0 radical (unpaired) electrons. The van der Waals surface area contributed by atoms with Gasteiger partial charge in [0.1, 0.15) is 16.8 Å². The quantitative estimate of drug-likeness (QED) is 0.0334. The fraction of sp³-hybridized carbons (Fsp3) is 0.707. The number of aliphatic imine (C=N–C) groups is 1. The van der Waals surface area contributed by atoms with Gasteiger partial charge < -0.3 is 34.9 Å². The smallest absolute Gasteiger partial charge is 0.414 e. The van der Waals surface area contributed by atoms with Crippen molar-refractivity contribution in [2.24, 2.45) is 4.99 Å². The fourth-order valence-corrected chi connectivity index (χ4v) is 5.16. The number of nitrogens with zero attached hydrogens (tertiary/aromatic N) is 2. The summed E-state index contributed by atoms with van der Waals surface area (Å²) in [5.74, 6) is -1.07. The molecular weight excluding hydrogens is 734 g/mol. The van der Waals surface area contributed by atoms with Crippen LogP contribution >= 0.6 is 0 Å². The van der Waals surface area contributed by atoms with Gasteiger partial charge in [0.15, 0.2) is 0 Å². The molecule has 1 rings (SSSR count). The molecule has 0 saturated heterocycles. The predicted octanol–water partition coefficient (Wildman–Crippen LogP) is 5.79. The number of hydrogen-bond acceptors (Lipinski definition) is 11. The van der Waals surface area contributed by atoms with Gasteiger partial charge in [0.2, 0.25) is 12.1 Å². The first kappa shape index (κ1) is 50.6. The maximum Gasteiger partial charge on any atom is 0.414 e. The number of guanidine groups is 1. The summed E-state index contributed by atoms with van der Waals surface area (Å²) in [5.41, 5.74) is -0.840. The zero-order valence-electron chi connectivity index (χ0n) is 36.3. The highest BCUT2D eigenvalue weighted by molar-refractivity contribution is 6.03. The number of methoxy groups -OCH3 is 1. The van der Waals surface area contributed by atoms with Crippen LogP contribution in [0, 0.1) is 0 Å². The topological polar surface area (TPSA) is 198 Å². The lowest BCUT2D eigenvalue weighted by Crippen LogP contribution is -2.47. The van der Waals surface area contributed by atoms with Crippen molar-refractivity contribution in [2.75, 3.05) is 39.8 Å². The van der Waals surface area contributed by atoms with Gasteiger partial charge in [0.05, 0.1) is 0 Å². The molecule has 0 aliphatic carbocycles. The van der Waals surface area contributed by atoms with Crippen LogP contribution in [0.2, 0.25) is 0 Å². The Balaban J connectivity index is 2.47. The largest absolute Gasteiger partial charge is 0.444 e. The van der Waals surface area contributed by atoms with Crippen LogP contribution in [0.5, 0.6) is 0 Å². The van der Waals surface area contributed by atoms with Gasteiger partial charge in [-0.1, -0.05) is 43.2 Å². The molecule has 0 heterocycles. The molecule has 324 valence electrons. The molecular formula is C41H71N7O9. The van der Waals surface area contributed by atoms with E-state index < -0.39 is 53.0 Å². The van der Waals surface area contributed by atoms with E-state index in [0.717, 1.165) is 45.3 Å². The van der Waals surface area contributed by atoms with E-state index in [1.165, 1.54) is 12.7 Å². The third-order valence-electron chi connectivity index (χ3n) is 7.70. The molecule has 0 aromatic heterocycles. The summed E-state index contributed by atoms with van der Waals surface area (Å²) < 4.78 is 21.1. The van der Waals surface area contributed by atoms with E-state index in [4.69, 9.17) is 18.9 Å². The van der Waals surface area contributed by atoms with Crippen LogP contribution in [0.25, 0.3) is 0 Å². The van der Waals surface area contributed by atoms with Crippen molar-refractivity contribution in [1.82, 2.24) is 31.5 Å². The molecule has 0 fully saturated rings. The first-order chi connectivity index (χ1) is 26.6. The Morgan fingerprint density at radius 2 is 1.16 bits per heavy atom. The number of amides is 5.